The van der Waals surface area contributed by atoms with E-state index < -0.39 is 35.0 Å². The summed E-state index contributed by atoms with van der Waals surface area (Å²) in [5.74, 6) is -5.68. The van der Waals surface area contributed by atoms with Crippen LogP contribution in [0.1, 0.15) is 11.5 Å². The van der Waals surface area contributed by atoms with Gasteiger partial charge in [-0.2, -0.15) is 0 Å². The first kappa shape index (κ1) is 15.1. The summed E-state index contributed by atoms with van der Waals surface area (Å²) in [7, 11) is 0. The molecule has 0 saturated heterocycles. The van der Waals surface area contributed by atoms with Crippen LogP contribution in [0.2, 0.25) is 0 Å². The zero-order valence-electron chi connectivity index (χ0n) is 10.9. The van der Waals surface area contributed by atoms with Gasteiger partial charge < -0.3 is 11.1 Å². The maximum absolute atomic E-state index is 13.5. The molecule has 0 spiro atoms. The molecule has 3 N–H and O–H groups in total. The fourth-order valence-electron chi connectivity index (χ4n) is 1.92. The van der Waals surface area contributed by atoms with Crippen molar-refractivity contribution in [3.63, 3.8) is 0 Å². The molecule has 1 atom stereocenters. The van der Waals surface area contributed by atoms with Crippen molar-refractivity contribution in [2.75, 3.05) is 11.9 Å². The molecule has 0 bridgehead atoms. The zero-order valence-corrected chi connectivity index (χ0v) is 10.9. The van der Waals surface area contributed by atoms with E-state index >= 15 is 0 Å². The second-order valence-electron chi connectivity index (χ2n) is 4.41. The minimum atomic E-state index is -1.63. The van der Waals surface area contributed by atoms with E-state index in [0.29, 0.717) is 5.56 Å². The summed E-state index contributed by atoms with van der Waals surface area (Å²) < 4.78 is 39.5. The Bertz CT molecular complexity index is 647. The van der Waals surface area contributed by atoms with Gasteiger partial charge in [-0.3, -0.25) is 4.79 Å². The molecule has 21 heavy (non-hydrogen) atoms. The number of amides is 1. The lowest BCUT2D eigenvalue weighted by Gasteiger charge is -2.15. The zero-order chi connectivity index (χ0) is 15.4. The highest BCUT2D eigenvalue weighted by Gasteiger charge is 2.21. The van der Waals surface area contributed by atoms with Gasteiger partial charge in [0, 0.05) is 6.54 Å². The fourth-order valence-corrected chi connectivity index (χ4v) is 1.92. The van der Waals surface area contributed by atoms with Gasteiger partial charge in [0.05, 0.1) is 11.6 Å². The summed E-state index contributed by atoms with van der Waals surface area (Å²) in [6.45, 7) is 0.00113. The van der Waals surface area contributed by atoms with Crippen molar-refractivity contribution >= 4 is 11.6 Å². The number of hydrogen-bond donors (Lipinski definition) is 2. The number of benzene rings is 2. The Morgan fingerprint density at radius 1 is 1.05 bits per heavy atom. The number of carbonyl (C=O) groups is 1. The highest BCUT2D eigenvalue weighted by Crippen LogP contribution is 2.22. The van der Waals surface area contributed by atoms with Crippen molar-refractivity contribution in [2.24, 2.45) is 5.73 Å². The summed E-state index contributed by atoms with van der Waals surface area (Å²) in [4.78, 5) is 12.1. The quantitative estimate of drug-likeness (QED) is 0.852. The van der Waals surface area contributed by atoms with Crippen molar-refractivity contribution < 1.29 is 18.0 Å². The summed E-state index contributed by atoms with van der Waals surface area (Å²) in [6, 6.07) is 10.4. The molecule has 3 nitrogen and oxygen atoms in total. The average molecular weight is 294 g/mol. The molecule has 110 valence electrons. The van der Waals surface area contributed by atoms with E-state index in [1.54, 1.807) is 30.3 Å². The molecule has 1 unspecified atom stereocenters. The first-order valence-corrected chi connectivity index (χ1v) is 6.24. The average Bonchev–Trinajstić information content (AvgIpc) is 2.50. The highest BCUT2D eigenvalue weighted by molar-refractivity contribution is 5.96. The number of carbonyl (C=O) groups excluding carboxylic acids is 1. The number of anilines is 1. The monoisotopic (exact) mass is 294 g/mol. The summed E-state index contributed by atoms with van der Waals surface area (Å²) in [5.41, 5.74) is 5.79. The predicted octanol–water partition coefficient (Wildman–Crippen LogP) is 2.78. The van der Waals surface area contributed by atoms with Crippen LogP contribution in [0, 0.1) is 17.5 Å². The molecule has 0 aliphatic carbocycles. The van der Waals surface area contributed by atoms with Gasteiger partial charge in [0.15, 0.2) is 17.5 Å². The van der Waals surface area contributed by atoms with Crippen LogP contribution in [-0.2, 0) is 4.79 Å². The van der Waals surface area contributed by atoms with Crippen LogP contribution in [0.4, 0.5) is 18.9 Å². The lowest BCUT2D eigenvalue weighted by atomic mass is 9.98. The first-order chi connectivity index (χ1) is 10.0. The van der Waals surface area contributed by atoms with Crippen molar-refractivity contribution in [1.29, 1.82) is 0 Å². The molecule has 0 aliphatic rings. The van der Waals surface area contributed by atoms with Gasteiger partial charge in [-0.25, -0.2) is 13.2 Å². The Morgan fingerprint density at radius 2 is 1.71 bits per heavy atom. The largest absolute Gasteiger partial charge is 0.329 e. The lowest BCUT2D eigenvalue weighted by molar-refractivity contribution is -0.117. The van der Waals surface area contributed by atoms with E-state index in [-0.39, 0.29) is 6.54 Å². The van der Waals surface area contributed by atoms with E-state index in [4.69, 9.17) is 5.73 Å². The molecule has 2 aromatic carbocycles. The van der Waals surface area contributed by atoms with Crippen molar-refractivity contribution in [3.8, 4) is 0 Å². The number of nitrogens with two attached hydrogens (primary N) is 1. The fraction of sp³-hybridized carbons (Fsp3) is 0.133. The van der Waals surface area contributed by atoms with Crippen LogP contribution in [-0.4, -0.2) is 12.5 Å². The molecule has 0 heterocycles. The summed E-state index contributed by atoms with van der Waals surface area (Å²) in [6.07, 6.45) is 0. The predicted molar refractivity (Wildman–Crippen MR) is 73.2 cm³/mol. The van der Waals surface area contributed by atoms with Gasteiger partial charge in [0.1, 0.15) is 0 Å². The molecule has 0 aromatic heterocycles. The maximum atomic E-state index is 13.5. The Labute approximate surface area is 119 Å². The van der Waals surface area contributed by atoms with Gasteiger partial charge >= 0.3 is 0 Å². The molecule has 0 radical (unpaired) electrons. The molecular formula is C15H13F3N2O. The van der Waals surface area contributed by atoms with Crippen LogP contribution in [0.15, 0.2) is 42.5 Å². The second kappa shape index (κ2) is 6.41. The molecule has 2 rings (SSSR count). The normalized spacial score (nSPS) is 12.0. The smallest absolute Gasteiger partial charge is 0.233 e. The number of halogens is 3. The maximum Gasteiger partial charge on any atom is 0.233 e. The molecule has 0 aliphatic heterocycles. The van der Waals surface area contributed by atoms with Gasteiger partial charge in [-0.05, 0) is 17.7 Å². The van der Waals surface area contributed by atoms with Crippen LogP contribution >= 0.6 is 0 Å². The Kier molecular flexibility index (Phi) is 4.59. The van der Waals surface area contributed by atoms with Crippen molar-refractivity contribution in [1.82, 2.24) is 0 Å². The minimum absolute atomic E-state index is 0.00113. The van der Waals surface area contributed by atoms with Crippen LogP contribution in [0.5, 0.6) is 0 Å². The number of rotatable bonds is 4. The lowest BCUT2D eigenvalue weighted by Crippen LogP contribution is -2.27. The molecule has 2 aromatic rings. The third-order valence-corrected chi connectivity index (χ3v) is 3.05. The van der Waals surface area contributed by atoms with Gasteiger partial charge in [-0.1, -0.05) is 30.3 Å². The third kappa shape index (κ3) is 3.22. The van der Waals surface area contributed by atoms with Gasteiger partial charge in [-0.15, -0.1) is 0 Å². The molecule has 0 fully saturated rings. The van der Waals surface area contributed by atoms with E-state index in [1.807, 2.05) is 0 Å². The molecular weight excluding hydrogens is 281 g/mol. The van der Waals surface area contributed by atoms with Gasteiger partial charge in [0.2, 0.25) is 5.91 Å². The highest BCUT2D eigenvalue weighted by atomic mass is 19.2. The van der Waals surface area contributed by atoms with Crippen LogP contribution in [0.25, 0.3) is 0 Å². The van der Waals surface area contributed by atoms with E-state index in [2.05, 4.69) is 5.32 Å². The summed E-state index contributed by atoms with van der Waals surface area (Å²) >= 11 is 0. The third-order valence-electron chi connectivity index (χ3n) is 3.05. The van der Waals surface area contributed by atoms with Gasteiger partial charge in [0.25, 0.3) is 0 Å². The first-order valence-electron chi connectivity index (χ1n) is 6.24. The standard InChI is InChI=1S/C15H13F3N2O/c16-11-6-7-12(14(18)13(11)17)20-15(21)10(8-19)9-4-2-1-3-5-9/h1-7,10H,8,19H2,(H,20,21). The van der Waals surface area contributed by atoms with Crippen molar-refractivity contribution in [2.45, 2.75) is 5.92 Å². The summed E-state index contributed by atoms with van der Waals surface area (Å²) in [5, 5.41) is 2.23. The van der Waals surface area contributed by atoms with E-state index in [9.17, 15) is 18.0 Å². The number of hydrogen-bond acceptors (Lipinski definition) is 2. The van der Waals surface area contributed by atoms with Crippen LogP contribution in [0.3, 0.4) is 0 Å². The minimum Gasteiger partial charge on any atom is -0.329 e. The van der Waals surface area contributed by atoms with E-state index in [0.717, 1.165) is 12.1 Å². The Balaban J connectivity index is 2.23. The molecule has 1 amide bonds. The van der Waals surface area contributed by atoms with E-state index in [1.165, 1.54) is 0 Å². The number of nitrogens with one attached hydrogen (secondary N) is 1. The Hall–Kier alpha value is -2.34. The SMILES string of the molecule is NCC(C(=O)Nc1ccc(F)c(F)c1F)c1ccccc1. The van der Waals surface area contributed by atoms with Crippen LogP contribution < -0.4 is 11.1 Å². The second-order valence-corrected chi connectivity index (χ2v) is 4.41. The molecule has 6 heteroatoms. The Morgan fingerprint density at radius 3 is 2.33 bits per heavy atom. The topological polar surface area (TPSA) is 55.1 Å². The van der Waals surface area contributed by atoms with Crippen molar-refractivity contribution in [3.05, 3.63) is 65.5 Å². The molecule has 0 saturated carbocycles.